The quantitative estimate of drug-likeness (QED) is 0.779. The van der Waals surface area contributed by atoms with Crippen molar-refractivity contribution in [3.8, 4) is 23.0 Å². The number of ether oxygens (including phenoxy) is 2. The highest BCUT2D eigenvalue weighted by molar-refractivity contribution is 7.71. The van der Waals surface area contributed by atoms with Gasteiger partial charge in [0.1, 0.15) is 24.1 Å². The first kappa shape index (κ1) is 16.9. The van der Waals surface area contributed by atoms with Gasteiger partial charge < -0.3 is 23.9 Å². The van der Waals surface area contributed by atoms with Crippen LogP contribution in [0, 0.1) is 4.84 Å². The monoisotopic (exact) mass is 352 g/mol. The summed E-state index contributed by atoms with van der Waals surface area (Å²) in [5.74, 6) is 1.72. The van der Waals surface area contributed by atoms with Gasteiger partial charge >= 0.3 is 0 Å². The number of nitrogens with zero attached hydrogens (tertiary/aromatic N) is 2. The van der Waals surface area contributed by atoms with Crippen molar-refractivity contribution in [2.24, 2.45) is 0 Å². The van der Waals surface area contributed by atoms with Crippen LogP contribution in [0.15, 0.2) is 22.6 Å². The Morgan fingerprint density at radius 1 is 1.42 bits per heavy atom. The Bertz CT molecular complexity index is 758. The summed E-state index contributed by atoms with van der Waals surface area (Å²) >= 11 is 5.29. The zero-order chi connectivity index (χ0) is 17.1. The molecule has 0 spiro atoms. The molecular weight excluding hydrogens is 330 g/mol. The number of benzene rings is 1. The molecule has 130 valence electrons. The number of aromatic nitrogens is 2. The molecule has 1 aromatic heterocycles. The molecule has 8 heteroatoms. The maximum atomic E-state index is 9.80. The molecule has 0 aliphatic carbocycles. The molecule has 1 aliphatic rings. The number of aliphatic hydroxyl groups is 1. The minimum absolute atomic E-state index is 0.254. The van der Waals surface area contributed by atoms with Crippen LogP contribution in [0.2, 0.25) is 0 Å². The SMILES string of the molecule is COc1ccc(-c2nn(C[NH+]3CCC[C@@H](O)C3)c(=S)o2)c(OC)c1. The van der Waals surface area contributed by atoms with E-state index in [9.17, 15) is 5.11 Å². The fourth-order valence-electron chi connectivity index (χ4n) is 2.97. The lowest BCUT2D eigenvalue weighted by molar-refractivity contribution is -0.931. The molecule has 1 aliphatic heterocycles. The Morgan fingerprint density at radius 2 is 2.25 bits per heavy atom. The van der Waals surface area contributed by atoms with Gasteiger partial charge in [0, 0.05) is 6.07 Å². The van der Waals surface area contributed by atoms with Crippen molar-refractivity contribution in [1.29, 1.82) is 0 Å². The van der Waals surface area contributed by atoms with Crippen molar-refractivity contribution >= 4 is 12.2 Å². The molecule has 2 N–H and O–H groups in total. The number of hydrogen-bond acceptors (Lipinski definition) is 6. The van der Waals surface area contributed by atoms with E-state index in [0.717, 1.165) is 24.9 Å². The molecule has 1 fully saturated rings. The second-order valence-electron chi connectivity index (χ2n) is 5.90. The number of quaternary nitrogens is 1. The van der Waals surface area contributed by atoms with Crippen LogP contribution in [0.25, 0.3) is 11.5 Å². The molecule has 0 saturated carbocycles. The van der Waals surface area contributed by atoms with Gasteiger partial charge in [-0.1, -0.05) is 0 Å². The van der Waals surface area contributed by atoms with Crippen LogP contribution in [0.1, 0.15) is 12.8 Å². The Morgan fingerprint density at radius 3 is 2.96 bits per heavy atom. The van der Waals surface area contributed by atoms with Crippen molar-refractivity contribution in [2.75, 3.05) is 27.3 Å². The van der Waals surface area contributed by atoms with Crippen molar-refractivity contribution < 1.29 is 23.9 Å². The second kappa shape index (κ2) is 7.33. The van der Waals surface area contributed by atoms with Crippen molar-refractivity contribution in [1.82, 2.24) is 9.78 Å². The van der Waals surface area contributed by atoms with E-state index in [0.29, 0.717) is 35.4 Å². The van der Waals surface area contributed by atoms with Gasteiger partial charge in [-0.25, -0.2) is 0 Å². The van der Waals surface area contributed by atoms with Crippen LogP contribution in [0.4, 0.5) is 0 Å². The van der Waals surface area contributed by atoms with E-state index in [1.54, 1.807) is 25.0 Å². The van der Waals surface area contributed by atoms with Gasteiger partial charge in [0.25, 0.3) is 10.7 Å². The highest BCUT2D eigenvalue weighted by atomic mass is 32.1. The minimum atomic E-state index is -0.254. The van der Waals surface area contributed by atoms with Crippen molar-refractivity contribution in [2.45, 2.75) is 25.6 Å². The van der Waals surface area contributed by atoms with Crippen LogP contribution >= 0.6 is 12.2 Å². The average Bonchev–Trinajstić information content (AvgIpc) is 2.94. The fraction of sp³-hybridized carbons (Fsp3) is 0.500. The molecule has 1 aromatic carbocycles. The highest BCUT2D eigenvalue weighted by Crippen LogP contribution is 2.32. The summed E-state index contributed by atoms with van der Waals surface area (Å²) < 4.78 is 17.9. The summed E-state index contributed by atoms with van der Waals surface area (Å²) in [6.07, 6.45) is 1.61. The summed E-state index contributed by atoms with van der Waals surface area (Å²) in [6.45, 7) is 2.28. The average molecular weight is 352 g/mol. The summed E-state index contributed by atoms with van der Waals surface area (Å²) in [5, 5.41) is 14.3. The van der Waals surface area contributed by atoms with E-state index in [1.165, 1.54) is 4.90 Å². The largest absolute Gasteiger partial charge is 0.497 e. The van der Waals surface area contributed by atoms with Gasteiger partial charge in [-0.15, -0.1) is 5.10 Å². The van der Waals surface area contributed by atoms with Gasteiger partial charge in [-0.2, -0.15) is 4.68 Å². The van der Waals surface area contributed by atoms with E-state index in [1.807, 2.05) is 12.1 Å². The standard InChI is InChI=1S/C16H21N3O4S/c1-21-12-5-6-13(14(8-12)22-2)15-17-19(16(24)23-15)10-18-7-3-4-11(20)9-18/h5-6,8,11,20H,3-4,7,9-10H2,1-2H3/p+1/t11-/m1/s1. The Hall–Kier alpha value is -1.90. The van der Waals surface area contributed by atoms with E-state index in [2.05, 4.69) is 5.10 Å². The topological polar surface area (TPSA) is 74.1 Å². The first-order valence-corrected chi connectivity index (χ1v) is 8.33. The predicted octanol–water partition coefficient (Wildman–Crippen LogP) is 0.887. The third-order valence-corrected chi connectivity index (χ3v) is 4.50. The molecule has 1 unspecified atom stereocenters. The number of hydrogen-bond donors (Lipinski definition) is 2. The van der Waals surface area contributed by atoms with Crippen LogP contribution in [-0.4, -0.2) is 48.3 Å². The van der Waals surface area contributed by atoms with Gasteiger partial charge in [0.05, 0.1) is 26.3 Å². The van der Waals surface area contributed by atoms with Gasteiger partial charge in [-0.3, -0.25) is 0 Å². The van der Waals surface area contributed by atoms with Gasteiger partial charge in [0.15, 0.2) is 6.67 Å². The first-order valence-electron chi connectivity index (χ1n) is 7.92. The number of likely N-dealkylation sites (tertiary alicyclic amines) is 1. The number of aliphatic hydroxyl groups excluding tert-OH is 1. The van der Waals surface area contributed by atoms with E-state index in [-0.39, 0.29) is 6.10 Å². The molecule has 1 saturated heterocycles. The highest BCUT2D eigenvalue weighted by Gasteiger charge is 2.23. The maximum absolute atomic E-state index is 9.80. The summed E-state index contributed by atoms with van der Waals surface area (Å²) in [6, 6.07) is 5.43. The summed E-state index contributed by atoms with van der Waals surface area (Å²) in [7, 11) is 3.19. The number of nitrogens with one attached hydrogen (secondary N) is 1. The second-order valence-corrected chi connectivity index (χ2v) is 6.25. The molecule has 2 heterocycles. The van der Waals surface area contributed by atoms with Crippen LogP contribution in [-0.2, 0) is 6.67 Å². The third-order valence-electron chi connectivity index (χ3n) is 4.21. The zero-order valence-corrected chi connectivity index (χ0v) is 14.6. The molecule has 7 nitrogen and oxygen atoms in total. The van der Waals surface area contributed by atoms with Crippen LogP contribution in [0.3, 0.4) is 0 Å². The molecule has 2 atom stereocenters. The van der Waals surface area contributed by atoms with Crippen LogP contribution in [0.5, 0.6) is 11.5 Å². The lowest BCUT2D eigenvalue weighted by Crippen LogP contribution is -3.13. The number of methoxy groups -OCH3 is 2. The summed E-state index contributed by atoms with van der Waals surface area (Å²) in [5.41, 5.74) is 0.719. The molecular formula is C16H22N3O4S+. The lowest BCUT2D eigenvalue weighted by Gasteiger charge is -2.26. The first-order chi connectivity index (χ1) is 11.6. The number of piperidine rings is 1. The molecule has 0 amide bonds. The van der Waals surface area contributed by atoms with Gasteiger partial charge in [0.2, 0.25) is 0 Å². The molecule has 3 rings (SSSR count). The normalized spacial score (nSPS) is 20.8. The summed E-state index contributed by atoms with van der Waals surface area (Å²) in [4.78, 5) is 1.56. The van der Waals surface area contributed by atoms with Crippen molar-refractivity contribution in [3.05, 3.63) is 23.0 Å². The minimum Gasteiger partial charge on any atom is -0.497 e. The fourth-order valence-corrected chi connectivity index (χ4v) is 3.15. The zero-order valence-electron chi connectivity index (χ0n) is 13.8. The van der Waals surface area contributed by atoms with E-state index >= 15 is 0 Å². The Balaban J connectivity index is 1.85. The van der Waals surface area contributed by atoms with Crippen molar-refractivity contribution in [3.63, 3.8) is 0 Å². The van der Waals surface area contributed by atoms with Crippen LogP contribution < -0.4 is 14.4 Å². The number of rotatable bonds is 5. The Labute approximate surface area is 145 Å². The molecule has 24 heavy (non-hydrogen) atoms. The lowest BCUT2D eigenvalue weighted by atomic mass is 10.1. The molecule has 0 bridgehead atoms. The molecule has 2 aromatic rings. The van der Waals surface area contributed by atoms with E-state index < -0.39 is 0 Å². The Kier molecular flexibility index (Phi) is 5.17. The maximum Gasteiger partial charge on any atom is 0.292 e. The molecule has 0 radical (unpaired) electrons. The smallest absolute Gasteiger partial charge is 0.292 e. The predicted molar refractivity (Wildman–Crippen MR) is 89.8 cm³/mol. The van der Waals surface area contributed by atoms with E-state index in [4.69, 9.17) is 26.1 Å². The third kappa shape index (κ3) is 3.61. The van der Waals surface area contributed by atoms with Gasteiger partial charge in [-0.05, 0) is 37.2 Å².